The van der Waals surface area contributed by atoms with Gasteiger partial charge in [-0.1, -0.05) is 29.4 Å². The molecule has 2 amide bonds. The minimum Gasteiger partial charge on any atom is -0.376 e. The predicted octanol–water partition coefficient (Wildman–Crippen LogP) is 2.72. The van der Waals surface area contributed by atoms with Gasteiger partial charge in [-0.05, 0) is 61.8 Å². The molecule has 5 aliphatic rings. The molecule has 3 heterocycles. The highest BCUT2D eigenvalue weighted by molar-refractivity contribution is 7.91. The first-order valence-electron chi connectivity index (χ1n) is 15.1. The lowest BCUT2D eigenvalue weighted by Crippen LogP contribution is -2.58. The summed E-state index contributed by atoms with van der Waals surface area (Å²) < 4.78 is 58.8. The van der Waals surface area contributed by atoms with E-state index in [0.717, 1.165) is 30.9 Å². The first kappa shape index (κ1) is 30.0. The van der Waals surface area contributed by atoms with Crippen LogP contribution in [-0.4, -0.2) is 67.5 Å². The molecule has 2 bridgehead atoms. The highest BCUT2D eigenvalue weighted by Crippen LogP contribution is 2.53. The van der Waals surface area contributed by atoms with E-state index in [9.17, 15) is 18.0 Å². The van der Waals surface area contributed by atoms with Crippen LogP contribution >= 0.6 is 0 Å². The number of nitrogens with one attached hydrogen (secondary N) is 1. The van der Waals surface area contributed by atoms with E-state index < -0.39 is 44.8 Å². The molecule has 0 radical (unpaired) electrons. The summed E-state index contributed by atoms with van der Waals surface area (Å²) in [4.78, 5) is 32.3. The summed E-state index contributed by atoms with van der Waals surface area (Å²) in [6.07, 6.45) is 5.33. The zero-order chi connectivity index (χ0) is 31.4. The van der Waals surface area contributed by atoms with Gasteiger partial charge in [-0.25, -0.2) is 12.8 Å². The van der Waals surface area contributed by atoms with Crippen molar-refractivity contribution in [2.75, 3.05) is 30.5 Å². The van der Waals surface area contributed by atoms with Gasteiger partial charge >= 0.3 is 0 Å². The lowest BCUT2D eigenvalue weighted by molar-refractivity contribution is -0.119. The molecule has 14 heteroatoms. The Morgan fingerprint density at radius 1 is 1.09 bits per heavy atom. The second-order valence-corrected chi connectivity index (χ2v) is 14.6. The van der Waals surface area contributed by atoms with Crippen molar-refractivity contribution in [2.24, 2.45) is 5.73 Å². The first-order chi connectivity index (χ1) is 21.6. The van der Waals surface area contributed by atoms with Crippen molar-refractivity contribution in [1.29, 1.82) is 0 Å². The Morgan fingerprint density at radius 3 is 2.47 bits per heavy atom. The average Bonchev–Trinajstić information content (AvgIpc) is 3.59. The Hall–Kier alpha value is -3.72. The van der Waals surface area contributed by atoms with Crippen molar-refractivity contribution in [2.45, 2.75) is 73.1 Å². The van der Waals surface area contributed by atoms with Crippen molar-refractivity contribution >= 4 is 27.3 Å². The fourth-order valence-electron chi connectivity index (χ4n) is 7.17. The molecule has 2 aliphatic heterocycles. The van der Waals surface area contributed by atoms with Gasteiger partial charge in [0.15, 0.2) is 16.2 Å². The number of nitrogens with zero attached hydrogens (tertiary/aromatic N) is 3. The maximum Gasteiger partial charge on any atom is 0.254 e. The lowest BCUT2D eigenvalue weighted by Gasteiger charge is -2.52. The number of carbonyl (C=O) groups is 2. The second kappa shape index (κ2) is 11.3. The Morgan fingerprint density at radius 2 is 1.82 bits per heavy atom. The Labute approximate surface area is 259 Å². The third-order valence-corrected chi connectivity index (χ3v) is 11.6. The zero-order valence-corrected chi connectivity index (χ0v) is 25.4. The molecule has 12 nitrogen and oxygen atoms in total. The molecule has 1 saturated heterocycles. The number of hydrogen-bond acceptors (Lipinski definition) is 10. The van der Waals surface area contributed by atoms with Crippen molar-refractivity contribution in [3.05, 3.63) is 71.1 Å². The molecule has 2 aromatic carbocycles. The molecule has 3 N–H and O–H groups in total. The molecule has 238 valence electrons. The third kappa shape index (κ3) is 5.43. The van der Waals surface area contributed by atoms with E-state index in [4.69, 9.17) is 19.7 Å². The number of aromatic nitrogens is 2. The van der Waals surface area contributed by atoms with Gasteiger partial charge in [-0.2, -0.15) is 4.98 Å². The van der Waals surface area contributed by atoms with Crippen LogP contribution in [0.3, 0.4) is 0 Å². The number of fused-ring (bicyclic) bond motifs is 4. The highest BCUT2D eigenvalue weighted by Gasteiger charge is 2.52. The van der Waals surface area contributed by atoms with Gasteiger partial charge in [-0.3, -0.25) is 9.59 Å². The molecule has 3 aromatic rings. The van der Waals surface area contributed by atoms with Crippen LogP contribution in [0.2, 0.25) is 0 Å². The molecule has 8 rings (SSSR count). The van der Waals surface area contributed by atoms with E-state index in [-0.39, 0.29) is 34.2 Å². The largest absolute Gasteiger partial charge is 0.376 e. The van der Waals surface area contributed by atoms with Crippen LogP contribution in [0.5, 0.6) is 0 Å². The third-order valence-electron chi connectivity index (χ3n) is 9.85. The quantitative estimate of drug-likeness (QED) is 0.409. The van der Waals surface area contributed by atoms with Crippen molar-refractivity contribution in [3.63, 3.8) is 0 Å². The van der Waals surface area contributed by atoms with Gasteiger partial charge < -0.3 is 29.9 Å². The van der Waals surface area contributed by atoms with Gasteiger partial charge in [0.25, 0.3) is 5.91 Å². The number of sulfone groups is 1. The van der Waals surface area contributed by atoms with Crippen LogP contribution in [0.25, 0.3) is 0 Å². The van der Waals surface area contributed by atoms with Crippen LogP contribution in [0, 0.1) is 5.82 Å². The maximum atomic E-state index is 15.6. The molecule has 1 aromatic heterocycles. The van der Waals surface area contributed by atoms with Crippen LogP contribution in [0.1, 0.15) is 72.0 Å². The number of rotatable bonds is 6. The molecular formula is C31H34FN5O7S. The first-order valence-corrected chi connectivity index (χ1v) is 16.7. The van der Waals surface area contributed by atoms with Gasteiger partial charge in [0, 0.05) is 11.0 Å². The van der Waals surface area contributed by atoms with Crippen LogP contribution in [0.4, 0.5) is 10.1 Å². The maximum absolute atomic E-state index is 15.6. The Balaban J connectivity index is 1.17. The number of benzene rings is 2. The van der Waals surface area contributed by atoms with E-state index in [1.54, 1.807) is 0 Å². The van der Waals surface area contributed by atoms with Crippen molar-refractivity contribution in [3.8, 4) is 0 Å². The number of ether oxygens (including phenoxy) is 2. The number of anilines is 1. The van der Waals surface area contributed by atoms with E-state index in [1.165, 1.54) is 17.3 Å². The smallest absolute Gasteiger partial charge is 0.254 e. The number of hydrogen-bond donors (Lipinski definition) is 2. The summed E-state index contributed by atoms with van der Waals surface area (Å²) in [5.74, 6) is -2.36. The Kier molecular flexibility index (Phi) is 7.50. The minimum atomic E-state index is -4.15. The summed E-state index contributed by atoms with van der Waals surface area (Å²) in [7, 11) is -4.15. The number of nitrogens with two attached hydrogens (primary N) is 1. The lowest BCUT2D eigenvalue weighted by atomic mass is 9.57. The fraction of sp³-hybridized carbons (Fsp3) is 0.484. The monoisotopic (exact) mass is 639 g/mol. The van der Waals surface area contributed by atoms with Crippen molar-refractivity contribution in [1.82, 2.24) is 15.5 Å². The van der Waals surface area contributed by atoms with Crippen LogP contribution in [-0.2, 0) is 36.1 Å². The van der Waals surface area contributed by atoms with Gasteiger partial charge in [0.1, 0.15) is 11.9 Å². The molecule has 0 unspecified atom stereocenters. The summed E-state index contributed by atoms with van der Waals surface area (Å²) in [6, 6.07) is 7.97. The van der Waals surface area contributed by atoms with E-state index in [0.29, 0.717) is 50.5 Å². The predicted molar refractivity (Wildman–Crippen MR) is 157 cm³/mol. The van der Waals surface area contributed by atoms with Crippen LogP contribution < -0.4 is 16.0 Å². The summed E-state index contributed by atoms with van der Waals surface area (Å²) in [5.41, 5.74) is 6.46. The highest BCUT2D eigenvalue weighted by atomic mass is 32.2. The standard InChI is InChI=1S/C31H34FN5O7S/c32-22-14-26-24(13-21(22)27(38)36-31-8-5-30(6-9-31,7-10-31)29-34-18-35-44-29)37(28(39)23(33)17-45(26,40)41)15-19-1-3-20(4-2-19)25-16-42-11-12-43-25/h1-4,13-14,18,23,25H,5-12,15-17,33H2,(H,36,38)/t23-,25-,30?,31?/m0/s1. The summed E-state index contributed by atoms with van der Waals surface area (Å²) in [5, 5.41) is 6.81. The van der Waals surface area contributed by atoms with Gasteiger partial charge in [0.05, 0.1) is 54.3 Å². The SMILES string of the molecule is N[C@H]1CS(=O)(=O)c2cc(F)c(C(=O)NC34CCC(c5ncno5)(CC3)CC4)cc2N(Cc2ccc([C@@H]3COCCO3)cc2)C1=O. The number of amides is 2. The second-order valence-electron chi connectivity index (χ2n) is 12.5. The molecule has 0 spiro atoms. The fourth-order valence-corrected chi connectivity index (χ4v) is 8.73. The van der Waals surface area contributed by atoms with E-state index in [1.807, 2.05) is 24.3 Å². The number of carbonyl (C=O) groups excluding carboxylic acids is 2. The molecule has 4 fully saturated rings. The normalized spacial score (nSPS) is 29.2. The summed E-state index contributed by atoms with van der Waals surface area (Å²) >= 11 is 0. The molecule has 45 heavy (non-hydrogen) atoms. The van der Waals surface area contributed by atoms with Gasteiger partial charge in [0.2, 0.25) is 11.8 Å². The Bertz CT molecular complexity index is 1700. The van der Waals surface area contributed by atoms with Crippen LogP contribution in [0.15, 0.2) is 52.1 Å². The minimum absolute atomic E-state index is 0.0360. The van der Waals surface area contributed by atoms with Crippen molar-refractivity contribution < 1.29 is 36.4 Å². The average molecular weight is 640 g/mol. The molecule has 2 atom stereocenters. The molecule has 3 saturated carbocycles. The zero-order valence-electron chi connectivity index (χ0n) is 24.5. The molecule has 3 aliphatic carbocycles. The number of halogens is 1. The molecular weight excluding hydrogens is 605 g/mol. The van der Waals surface area contributed by atoms with Gasteiger partial charge in [-0.15, -0.1) is 0 Å². The van der Waals surface area contributed by atoms with E-state index in [2.05, 4.69) is 15.5 Å². The van der Waals surface area contributed by atoms with E-state index >= 15 is 4.39 Å². The topological polar surface area (TPSA) is 167 Å². The summed E-state index contributed by atoms with van der Waals surface area (Å²) in [6.45, 7) is 1.43.